The SMILES string of the molecule is O=C(c1cc(F)c(Cl)cc1F)c1c[nH]c2ccc(Cl)cc12. The van der Waals surface area contributed by atoms with Gasteiger partial charge in [-0.25, -0.2) is 8.78 Å². The van der Waals surface area contributed by atoms with Gasteiger partial charge >= 0.3 is 0 Å². The molecule has 0 atom stereocenters. The Labute approximate surface area is 128 Å². The second-order valence-electron chi connectivity index (χ2n) is 4.47. The van der Waals surface area contributed by atoms with Gasteiger partial charge in [-0.15, -0.1) is 0 Å². The van der Waals surface area contributed by atoms with Crippen LogP contribution in [0.3, 0.4) is 0 Å². The van der Waals surface area contributed by atoms with Crippen LogP contribution >= 0.6 is 23.2 Å². The van der Waals surface area contributed by atoms with Crippen LogP contribution in [0.15, 0.2) is 36.5 Å². The van der Waals surface area contributed by atoms with Crippen LogP contribution in [0.5, 0.6) is 0 Å². The van der Waals surface area contributed by atoms with Gasteiger partial charge in [0.25, 0.3) is 0 Å². The molecular formula is C15H7Cl2F2NO. The molecule has 0 spiro atoms. The lowest BCUT2D eigenvalue weighted by molar-refractivity contribution is 0.103. The van der Waals surface area contributed by atoms with Crippen molar-refractivity contribution in [1.82, 2.24) is 4.98 Å². The molecule has 2 aromatic carbocycles. The van der Waals surface area contributed by atoms with Gasteiger partial charge in [0.1, 0.15) is 11.6 Å². The molecule has 0 saturated carbocycles. The number of hydrogen-bond acceptors (Lipinski definition) is 1. The number of ketones is 1. The van der Waals surface area contributed by atoms with E-state index in [9.17, 15) is 13.6 Å². The number of benzene rings is 2. The fourth-order valence-electron chi connectivity index (χ4n) is 2.12. The first kappa shape index (κ1) is 14.0. The van der Waals surface area contributed by atoms with Crippen molar-refractivity contribution in [2.24, 2.45) is 0 Å². The Morgan fingerprint density at radius 1 is 1.00 bits per heavy atom. The lowest BCUT2D eigenvalue weighted by atomic mass is 10.0. The number of aromatic amines is 1. The molecular weight excluding hydrogens is 319 g/mol. The predicted octanol–water partition coefficient (Wildman–Crippen LogP) is 4.98. The van der Waals surface area contributed by atoms with Crippen LogP contribution in [0.1, 0.15) is 15.9 Å². The summed E-state index contributed by atoms with van der Waals surface area (Å²) in [5.41, 5.74) is 0.517. The van der Waals surface area contributed by atoms with E-state index < -0.39 is 17.4 Å². The van der Waals surface area contributed by atoms with E-state index in [2.05, 4.69) is 4.98 Å². The summed E-state index contributed by atoms with van der Waals surface area (Å²) in [7, 11) is 0. The maximum atomic E-state index is 13.8. The molecule has 3 rings (SSSR count). The summed E-state index contributed by atoms with van der Waals surface area (Å²) in [6.45, 7) is 0. The number of fused-ring (bicyclic) bond motifs is 1. The third-order valence-electron chi connectivity index (χ3n) is 3.14. The molecule has 21 heavy (non-hydrogen) atoms. The highest BCUT2D eigenvalue weighted by Gasteiger charge is 2.20. The van der Waals surface area contributed by atoms with Gasteiger partial charge in [0, 0.05) is 27.7 Å². The van der Waals surface area contributed by atoms with E-state index in [1.165, 1.54) is 6.20 Å². The number of hydrogen-bond donors (Lipinski definition) is 1. The summed E-state index contributed by atoms with van der Waals surface area (Å²) in [4.78, 5) is 15.3. The standard InChI is InChI=1S/C15H7Cl2F2NO/c16-7-1-2-14-8(3-7)10(6-20-14)15(21)9-4-13(19)11(17)5-12(9)18/h1-6,20H. The molecule has 0 saturated heterocycles. The molecule has 0 aliphatic carbocycles. The summed E-state index contributed by atoms with van der Waals surface area (Å²) in [6.07, 6.45) is 1.44. The third kappa shape index (κ3) is 2.41. The molecule has 0 amide bonds. The molecule has 6 heteroatoms. The van der Waals surface area contributed by atoms with Crippen molar-refractivity contribution in [2.45, 2.75) is 0 Å². The third-order valence-corrected chi connectivity index (χ3v) is 3.67. The summed E-state index contributed by atoms with van der Waals surface area (Å²) in [5.74, 6) is -2.36. The molecule has 0 radical (unpaired) electrons. The smallest absolute Gasteiger partial charge is 0.198 e. The number of carbonyl (C=O) groups is 1. The minimum Gasteiger partial charge on any atom is -0.360 e. The molecule has 1 aromatic heterocycles. The fourth-order valence-corrected chi connectivity index (χ4v) is 2.44. The first-order chi connectivity index (χ1) is 9.97. The van der Waals surface area contributed by atoms with Gasteiger partial charge in [0.15, 0.2) is 5.78 Å². The maximum Gasteiger partial charge on any atom is 0.198 e. The van der Waals surface area contributed by atoms with Crippen molar-refractivity contribution in [3.8, 4) is 0 Å². The van der Waals surface area contributed by atoms with E-state index in [0.29, 0.717) is 15.9 Å². The first-order valence-electron chi connectivity index (χ1n) is 5.93. The van der Waals surface area contributed by atoms with Gasteiger partial charge in [-0.05, 0) is 30.3 Å². The summed E-state index contributed by atoms with van der Waals surface area (Å²) in [6, 6.07) is 6.53. The van der Waals surface area contributed by atoms with Gasteiger partial charge in [-0.3, -0.25) is 4.79 Å². The lowest BCUT2D eigenvalue weighted by Gasteiger charge is -2.03. The van der Waals surface area contributed by atoms with Crippen molar-refractivity contribution in [3.63, 3.8) is 0 Å². The number of halogens is 4. The number of nitrogens with one attached hydrogen (secondary N) is 1. The average Bonchev–Trinajstić information content (AvgIpc) is 2.85. The zero-order chi connectivity index (χ0) is 15.1. The van der Waals surface area contributed by atoms with Crippen LogP contribution in [0.4, 0.5) is 8.78 Å². The maximum absolute atomic E-state index is 13.8. The van der Waals surface area contributed by atoms with Gasteiger partial charge in [0.2, 0.25) is 0 Å². The minimum absolute atomic E-state index is 0.216. The van der Waals surface area contributed by atoms with Gasteiger partial charge in [-0.2, -0.15) is 0 Å². The molecule has 2 nitrogen and oxygen atoms in total. The highest BCUT2D eigenvalue weighted by atomic mass is 35.5. The van der Waals surface area contributed by atoms with Crippen LogP contribution in [-0.4, -0.2) is 10.8 Å². The van der Waals surface area contributed by atoms with Crippen molar-refractivity contribution in [1.29, 1.82) is 0 Å². The van der Waals surface area contributed by atoms with Gasteiger partial charge in [-0.1, -0.05) is 23.2 Å². The topological polar surface area (TPSA) is 32.9 Å². The zero-order valence-corrected chi connectivity index (χ0v) is 11.9. The molecule has 0 aliphatic rings. The second-order valence-corrected chi connectivity index (χ2v) is 5.31. The molecule has 106 valence electrons. The zero-order valence-electron chi connectivity index (χ0n) is 10.4. The van der Waals surface area contributed by atoms with E-state index in [4.69, 9.17) is 23.2 Å². The predicted molar refractivity (Wildman–Crippen MR) is 78.1 cm³/mol. The molecule has 0 fully saturated rings. The largest absolute Gasteiger partial charge is 0.360 e. The molecule has 0 bridgehead atoms. The van der Waals surface area contributed by atoms with Crippen LogP contribution in [-0.2, 0) is 0 Å². The van der Waals surface area contributed by atoms with E-state index in [-0.39, 0.29) is 16.1 Å². The Hall–Kier alpha value is -1.91. The van der Waals surface area contributed by atoms with Crippen molar-refractivity contribution < 1.29 is 13.6 Å². The summed E-state index contributed by atoms with van der Waals surface area (Å²) < 4.78 is 27.3. The lowest BCUT2D eigenvalue weighted by Crippen LogP contribution is -2.04. The van der Waals surface area contributed by atoms with E-state index in [0.717, 1.165) is 12.1 Å². The quantitative estimate of drug-likeness (QED) is 0.523. The van der Waals surface area contributed by atoms with Crippen molar-refractivity contribution in [3.05, 3.63) is 69.3 Å². The monoisotopic (exact) mass is 325 g/mol. The number of carbonyl (C=O) groups excluding carboxylic acids is 1. The Bertz CT molecular complexity index is 873. The van der Waals surface area contributed by atoms with Gasteiger partial charge in [0.05, 0.1) is 10.6 Å². The van der Waals surface area contributed by atoms with Crippen molar-refractivity contribution in [2.75, 3.05) is 0 Å². The van der Waals surface area contributed by atoms with Crippen LogP contribution in [0.25, 0.3) is 10.9 Å². The number of H-pyrrole nitrogens is 1. The highest BCUT2D eigenvalue weighted by molar-refractivity contribution is 6.32. The fraction of sp³-hybridized carbons (Fsp3) is 0. The average molecular weight is 326 g/mol. The normalized spacial score (nSPS) is 11.0. The first-order valence-corrected chi connectivity index (χ1v) is 6.69. The van der Waals surface area contributed by atoms with Crippen LogP contribution in [0, 0.1) is 11.6 Å². The molecule has 3 aromatic rings. The molecule has 0 aliphatic heterocycles. The molecule has 1 N–H and O–H groups in total. The Kier molecular flexibility index (Phi) is 3.43. The minimum atomic E-state index is -0.872. The number of aromatic nitrogens is 1. The van der Waals surface area contributed by atoms with E-state index in [1.54, 1.807) is 18.2 Å². The van der Waals surface area contributed by atoms with E-state index >= 15 is 0 Å². The van der Waals surface area contributed by atoms with E-state index in [1.807, 2.05) is 0 Å². The van der Waals surface area contributed by atoms with Gasteiger partial charge < -0.3 is 4.98 Å². The second kappa shape index (κ2) is 5.13. The molecule has 1 heterocycles. The summed E-state index contributed by atoms with van der Waals surface area (Å²) >= 11 is 11.4. The Morgan fingerprint density at radius 3 is 2.52 bits per heavy atom. The van der Waals surface area contributed by atoms with Crippen LogP contribution in [0.2, 0.25) is 10.0 Å². The number of rotatable bonds is 2. The van der Waals surface area contributed by atoms with Crippen molar-refractivity contribution >= 4 is 39.9 Å². The summed E-state index contributed by atoms with van der Waals surface area (Å²) in [5, 5.41) is 0.618. The Balaban J connectivity index is 2.17. The molecule has 0 unspecified atom stereocenters. The van der Waals surface area contributed by atoms with Crippen LogP contribution < -0.4 is 0 Å². The highest BCUT2D eigenvalue weighted by Crippen LogP contribution is 2.27. The Morgan fingerprint density at radius 2 is 1.76 bits per heavy atom.